The van der Waals surface area contributed by atoms with E-state index >= 15 is 0 Å². The van der Waals surface area contributed by atoms with E-state index < -0.39 is 11.6 Å². The highest BCUT2D eigenvalue weighted by molar-refractivity contribution is 5.81. The minimum atomic E-state index is -0.553. The Morgan fingerprint density at radius 1 is 1.35 bits per heavy atom. The molecule has 92 valence electrons. The standard InChI is InChI=1S/C12H14F2N2O/c1-7-4-10(14)11(5-9(7)13)15-6-12(17)16-8-2-3-8/h4-5,8,15H,2-3,6H2,1H3,(H,16,17). The molecule has 1 fully saturated rings. The molecule has 17 heavy (non-hydrogen) atoms. The molecule has 1 aromatic rings. The molecule has 5 heteroatoms. The van der Waals surface area contributed by atoms with Crippen molar-refractivity contribution in [2.75, 3.05) is 11.9 Å². The zero-order valence-corrected chi connectivity index (χ0v) is 9.52. The summed E-state index contributed by atoms with van der Waals surface area (Å²) in [6, 6.07) is 2.44. The third-order valence-corrected chi connectivity index (χ3v) is 2.63. The van der Waals surface area contributed by atoms with Gasteiger partial charge in [0.15, 0.2) is 0 Å². The van der Waals surface area contributed by atoms with Crippen molar-refractivity contribution in [3.63, 3.8) is 0 Å². The molecule has 0 unspecified atom stereocenters. The number of rotatable bonds is 4. The first-order chi connectivity index (χ1) is 8.06. The number of halogens is 2. The van der Waals surface area contributed by atoms with Crippen molar-refractivity contribution < 1.29 is 13.6 Å². The first kappa shape index (κ1) is 11.8. The van der Waals surface area contributed by atoms with E-state index in [-0.39, 0.29) is 29.7 Å². The van der Waals surface area contributed by atoms with Gasteiger partial charge in [0, 0.05) is 12.1 Å². The molecule has 0 saturated heterocycles. The molecule has 0 atom stereocenters. The smallest absolute Gasteiger partial charge is 0.239 e. The Morgan fingerprint density at radius 3 is 2.71 bits per heavy atom. The van der Waals surface area contributed by atoms with E-state index in [0.717, 1.165) is 25.0 Å². The second kappa shape index (κ2) is 4.69. The van der Waals surface area contributed by atoms with Crippen LogP contribution in [-0.4, -0.2) is 18.5 Å². The Balaban J connectivity index is 1.93. The Labute approximate surface area is 98.2 Å². The predicted molar refractivity (Wildman–Crippen MR) is 60.7 cm³/mol. The summed E-state index contributed by atoms with van der Waals surface area (Å²) in [5.41, 5.74) is 0.259. The second-order valence-corrected chi connectivity index (χ2v) is 4.28. The van der Waals surface area contributed by atoms with Crippen molar-refractivity contribution in [2.24, 2.45) is 0 Å². The van der Waals surface area contributed by atoms with Crippen LogP contribution in [0, 0.1) is 18.6 Å². The minimum Gasteiger partial charge on any atom is -0.374 e. The summed E-state index contributed by atoms with van der Waals surface area (Å²) in [5, 5.41) is 5.34. The lowest BCUT2D eigenvalue weighted by molar-refractivity contribution is -0.119. The predicted octanol–water partition coefficient (Wildman–Crippen LogP) is 1.96. The molecule has 0 spiro atoms. The van der Waals surface area contributed by atoms with Gasteiger partial charge in [-0.05, 0) is 31.4 Å². The summed E-state index contributed by atoms with van der Waals surface area (Å²) in [4.78, 5) is 11.3. The monoisotopic (exact) mass is 240 g/mol. The van der Waals surface area contributed by atoms with Gasteiger partial charge in [-0.3, -0.25) is 4.79 Å². The summed E-state index contributed by atoms with van der Waals surface area (Å²) in [6.45, 7) is 1.44. The van der Waals surface area contributed by atoms with Gasteiger partial charge in [-0.2, -0.15) is 0 Å². The number of benzene rings is 1. The number of amides is 1. The molecule has 2 rings (SSSR count). The lowest BCUT2D eigenvalue weighted by atomic mass is 10.2. The third-order valence-electron chi connectivity index (χ3n) is 2.63. The Kier molecular flexibility index (Phi) is 3.26. The van der Waals surface area contributed by atoms with Gasteiger partial charge in [-0.15, -0.1) is 0 Å². The minimum absolute atomic E-state index is 0.0130. The van der Waals surface area contributed by atoms with Crippen molar-refractivity contribution in [1.82, 2.24) is 5.32 Å². The van der Waals surface area contributed by atoms with Crippen LogP contribution >= 0.6 is 0 Å². The van der Waals surface area contributed by atoms with E-state index in [9.17, 15) is 13.6 Å². The fourth-order valence-corrected chi connectivity index (χ4v) is 1.46. The number of aryl methyl sites for hydroxylation is 1. The van der Waals surface area contributed by atoms with Crippen molar-refractivity contribution in [1.29, 1.82) is 0 Å². The molecule has 1 aliphatic rings. The Morgan fingerprint density at radius 2 is 2.06 bits per heavy atom. The molecule has 0 aliphatic heterocycles. The van der Waals surface area contributed by atoms with Crippen LogP contribution in [0.5, 0.6) is 0 Å². The van der Waals surface area contributed by atoms with Gasteiger partial charge in [-0.25, -0.2) is 8.78 Å². The molecule has 1 amide bonds. The quantitative estimate of drug-likeness (QED) is 0.844. The van der Waals surface area contributed by atoms with Gasteiger partial charge in [-0.1, -0.05) is 0 Å². The van der Waals surface area contributed by atoms with Gasteiger partial charge < -0.3 is 10.6 Å². The van der Waals surface area contributed by atoms with Gasteiger partial charge in [0.1, 0.15) is 11.6 Å². The number of carbonyl (C=O) groups excluding carboxylic acids is 1. The van der Waals surface area contributed by atoms with Gasteiger partial charge in [0.05, 0.1) is 12.2 Å². The molecule has 0 heterocycles. The molecule has 1 saturated carbocycles. The van der Waals surface area contributed by atoms with Crippen LogP contribution in [0.15, 0.2) is 12.1 Å². The van der Waals surface area contributed by atoms with E-state index in [2.05, 4.69) is 10.6 Å². The van der Waals surface area contributed by atoms with Crippen LogP contribution in [0.1, 0.15) is 18.4 Å². The number of hydrogen-bond acceptors (Lipinski definition) is 2. The maximum Gasteiger partial charge on any atom is 0.239 e. The highest BCUT2D eigenvalue weighted by atomic mass is 19.1. The normalized spacial score (nSPS) is 14.5. The Bertz CT molecular complexity index is 444. The number of nitrogens with one attached hydrogen (secondary N) is 2. The summed E-state index contributed by atoms with van der Waals surface area (Å²) < 4.78 is 26.6. The molecule has 0 bridgehead atoms. The maximum atomic E-state index is 13.4. The zero-order chi connectivity index (χ0) is 12.4. The summed E-state index contributed by atoms with van der Waals surface area (Å²) in [7, 11) is 0. The number of carbonyl (C=O) groups is 1. The van der Waals surface area contributed by atoms with E-state index in [1.54, 1.807) is 0 Å². The summed E-state index contributed by atoms with van der Waals surface area (Å²) in [5.74, 6) is -1.24. The molecule has 0 aromatic heterocycles. The van der Waals surface area contributed by atoms with Crippen LogP contribution in [0.4, 0.5) is 14.5 Å². The lowest BCUT2D eigenvalue weighted by Crippen LogP contribution is -2.31. The van der Waals surface area contributed by atoms with Crippen molar-refractivity contribution in [3.05, 3.63) is 29.3 Å². The van der Waals surface area contributed by atoms with Crippen molar-refractivity contribution in [3.8, 4) is 0 Å². The van der Waals surface area contributed by atoms with Crippen LogP contribution in [-0.2, 0) is 4.79 Å². The van der Waals surface area contributed by atoms with E-state index in [4.69, 9.17) is 0 Å². The fourth-order valence-electron chi connectivity index (χ4n) is 1.46. The van der Waals surface area contributed by atoms with E-state index in [1.807, 2.05) is 0 Å². The molecule has 2 N–H and O–H groups in total. The molecule has 1 aliphatic carbocycles. The van der Waals surface area contributed by atoms with Crippen LogP contribution in [0.3, 0.4) is 0 Å². The molecular weight excluding hydrogens is 226 g/mol. The first-order valence-corrected chi connectivity index (χ1v) is 5.55. The topological polar surface area (TPSA) is 41.1 Å². The molecular formula is C12H14F2N2O. The third kappa shape index (κ3) is 3.15. The maximum absolute atomic E-state index is 13.4. The second-order valence-electron chi connectivity index (χ2n) is 4.28. The SMILES string of the molecule is Cc1cc(F)c(NCC(=O)NC2CC2)cc1F. The summed E-state index contributed by atoms with van der Waals surface area (Å²) in [6.07, 6.45) is 2.00. The van der Waals surface area contributed by atoms with Crippen LogP contribution < -0.4 is 10.6 Å². The van der Waals surface area contributed by atoms with Crippen molar-refractivity contribution in [2.45, 2.75) is 25.8 Å². The highest BCUT2D eigenvalue weighted by Gasteiger charge is 2.23. The molecule has 0 radical (unpaired) electrons. The van der Waals surface area contributed by atoms with Gasteiger partial charge in [0.2, 0.25) is 5.91 Å². The molecule has 3 nitrogen and oxygen atoms in total. The van der Waals surface area contributed by atoms with E-state index in [1.165, 1.54) is 6.92 Å². The lowest BCUT2D eigenvalue weighted by Gasteiger charge is -2.09. The zero-order valence-electron chi connectivity index (χ0n) is 9.52. The Hall–Kier alpha value is -1.65. The van der Waals surface area contributed by atoms with Crippen LogP contribution in [0.2, 0.25) is 0 Å². The first-order valence-electron chi connectivity index (χ1n) is 5.55. The number of anilines is 1. The van der Waals surface area contributed by atoms with Gasteiger partial charge >= 0.3 is 0 Å². The largest absolute Gasteiger partial charge is 0.374 e. The number of hydrogen-bond donors (Lipinski definition) is 2. The average Bonchev–Trinajstić information content (AvgIpc) is 3.05. The van der Waals surface area contributed by atoms with Crippen molar-refractivity contribution >= 4 is 11.6 Å². The summed E-state index contributed by atoms with van der Waals surface area (Å²) >= 11 is 0. The highest BCUT2D eigenvalue weighted by Crippen LogP contribution is 2.19. The molecule has 1 aromatic carbocycles. The van der Waals surface area contributed by atoms with E-state index in [0.29, 0.717) is 0 Å². The van der Waals surface area contributed by atoms with Crippen LogP contribution in [0.25, 0.3) is 0 Å². The average molecular weight is 240 g/mol. The van der Waals surface area contributed by atoms with Gasteiger partial charge in [0.25, 0.3) is 0 Å². The fraction of sp³-hybridized carbons (Fsp3) is 0.417.